The molecule has 1 heterocycles. The minimum Gasteiger partial charge on any atom is -0.400 e. The zero-order chi connectivity index (χ0) is 17.5. The topological polar surface area (TPSA) is 136 Å². The van der Waals surface area contributed by atoms with Crippen LogP contribution >= 0.6 is 0 Å². The van der Waals surface area contributed by atoms with E-state index in [0.29, 0.717) is 5.56 Å². The predicted octanol–water partition coefficient (Wildman–Crippen LogP) is 1.47. The highest BCUT2D eigenvalue weighted by molar-refractivity contribution is 6.13. The minimum atomic E-state index is -1.90. The van der Waals surface area contributed by atoms with Crippen LogP contribution in [0.3, 0.4) is 0 Å². The van der Waals surface area contributed by atoms with Gasteiger partial charge >= 0.3 is 5.97 Å². The lowest BCUT2D eigenvalue weighted by atomic mass is 9.62. The first-order valence-electron chi connectivity index (χ1n) is 7.05. The number of carbonyl (C=O) groups excluding carboxylic acids is 1. The van der Waals surface area contributed by atoms with E-state index in [1.54, 1.807) is 30.3 Å². The molecule has 7 nitrogen and oxygen atoms in total. The first kappa shape index (κ1) is 15.3. The number of oxime groups is 1. The van der Waals surface area contributed by atoms with Gasteiger partial charge in [0.2, 0.25) is 0 Å². The van der Waals surface area contributed by atoms with Gasteiger partial charge in [0.05, 0.1) is 29.5 Å². The number of hydrogen-bond acceptors (Lipinski definition) is 7. The van der Waals surface area contributed by atoms with E-state index in [-0.39, 0.29) is 17.0 Å². The molecule has 0 saturated carbocycles. The number of rotatable bonds is 1. The van der Waals surface area contributed by atoms with E-state index in [4.69, 9.17) is 10.6 Å². The smallest absolute Gasteiger partial charge is 0.353 e. The van der Waals surface area contributed by atoms with Gasteiger partial charge in [-0.1, -0.05) is 35.5 Å². The lowest BCUT2D eigenvalue weighted by molar-refractivity contribution is -0.147. The molecular formula is C17H11N5O2. The molecular weight excluding hydrogens is 306 g/mol. The molecule has 2 atom stereocenters. The molecule has 0 aromatic heterocycles. The molecule has 2 N–H and O–H groups in total. The number of nitrogens with zero attached hydrogens (tertiary/aromatic N) is 4. The fraction of sp³-hybridized carbons (Fsp3) is 0.235. The standard InChI is InChI=1S/C17H11N5O2/c1-10-17(15(23)24-22-10)13(11-5-3-2-4-6-11)16(8-19,9-20)12(7-18)14(17)21/h2-6,13H,21H2,1H3/t13-,17-/m1/s1. The van der Waals surface area contributed by atoms with Crippen molar-refractivity contribution in [1.82, 2.24) is 0 Å². The molecule has 0 radical (unpaired) electrons. The Balaban J connectivity index is 2.45. The van der Waals surface area contributed by atoms with Crippen molar-refractivity contribution in [3.05, 3.63) is 47.2 Å². The molecule has 3 rings (SSSR count). The van der Waals surface area contributed by atoms with Crippen LogP contribution in [0.15, 0.2) is 46.8 Å². The third-order valence-electron chi connectivity index (χ3n) is 4.71. The minimum absolute atomic E-state index is 0.147. The summed E-state index contributed by atoms with van der Waals surface area (Å²) in [5.41, 5.74) is 2.99. The Labute approximate surface area is 137 Å². The zero-order valence-electron chi connectivity index (χ0n) is 12.6. The Hall–Kier alpha value is -3.63. The second-order valence-corrected chi connectivity index (χ2v) is 5.64. The predicted molar refractivity (Wildman–Crippen MR) is 81.3 cm³/mol. The van der Waals surface area contributed by atoms with Crippen LogP contribution in [0.25, 0.3) is 0 Å². The van der Waals surface area contributed by atoms with Gasteiger partial charge in [-0.15, -0.1) is 0 Å². The molecule has 0 unspecified atom stereocenters. The summed E-state index contributed by atoms with van der Waals surface area (Å²) >= 11 is 0. The lowest BCUT2D eigenvalue weighted by Crippen LogP contribution is -2.45. The summed E-state index contributed by atoms with van der Waals surface area (Å²) in [6.07, 6.45) is 0. The van der Waals surface area contributed by atoms with E-state index in [0.717, 1.165) is 0 Å². The van der Waals surface area contributed by atoms with Crippen molar-refractivity contribution in [1.29, 1.82) is 15.8 Å². The van der Waals surface area contributed by atoms with Gasteiger partial charge in [0.15, 0.2) is 10.8 Å². The Morgan fingerprint density at radius 1 is 1.21 bits per heavy atom. The third-order valence-corrected chi connectivity index (χ3v) is 4.71. The zero-order valence-corrected chi connectivity index (χ0v) is 12.6. The van der Waals surface area contributed by atoms with Gasteiger partial charge in [-0.3, -0.25) is 0 Å². The van der Waals surface area contributed by atoms with Crippen molar-refractivity contribution in [3.8, 4) is 18.2 Å². The quantitative estimate of drug-likeness (QED) is 0.779. The van der Waals surface area contributed by atoms with Crippen molar-refractivity contribution >= 4 is 11.7 Å². The van der Waals surface area contributed by atoms with Crippen LogP contribution in [0, 0.1) is 44.8 Å². The largest absolute Gasteiger partial charge is 0.400 e. The van der Waals surface area contributed by atoms with Crippen molar-refractivity contribution in [3.63, 3.8) is 0 Å². The van der Waals surface area contributed by atoms with Crippen molar-refractivity contribution < 1.29 is 9.63 Å². The van der Waals surface area contributed by atoms with Gasteiger partial charge in [0.1, 0.15) is 0 Å². The normalized spacial score (nSPS) is 27.2. The van der Waals surface area contributed by atoms with E-state index in [2.05, 4.69) is 5.16 Å². The summed E-state index contributed by atoms with van der Waals surface area (Å²) in [5, 5.41) is 32.8. The molecule has 1 aliphatic heterocycles. The molecule has 116 valence electrons. The van der Waals surface area contributed by atoms with E-state index < -0.39 is 22.7 Å². The first-order chi connectivity index (χ1) is 11.5. The van der Waals surface area contributed by atoms with Gasteiger partial charge < -0.3 is 10.6 Å². The fourth-order valence-electron chi connectivity index (χ4n) is 3.63. The van der Waals surface area contributed by atoms with E-state index >= 15 is 0 Å². The molecule has 0 amide bonds. The maximum absolute atomic E-state index is 12.6. The Kier molecular flexibility index (Phi) is 3.14. The molecule has 0 fully saturated rings. The van der Waals surface area contributed by atoms with Crippen LogP contribution in [-0.4, -0.2) is 11.7 Å². The molecule has 0 saturated heterocycles. The number of carbonyl (C=O) groups is 1. The number of allylic oxidation sites excluding steroid dienone is 1. The molecule has 1 aromatic rings. The number of hydrogen-bond donors (Lipinski definition) is 1. The van der Waals surface area contributed by atoms with Crippen LogP contribution < -0.4 is 5.73 Å². The summed E-state index contributed by atoms with van der Waals surface area (Å²) < 4.78 is 0. The highest BCUT2D eigenvalue weighted by Crippen LogP contribution is 2.62. The second-order valence-electron chi connectivity index (χ2n) is 5.64. The number of nitriles is 3. The van der Waals surface area contributed by atoms with Gasteiger partial charge in [-0.2, -0.15) is 15.8 Å². The van der Waals surface area contributed by atoms with Crippen LogP contribution in [0.1, 0.15) is 18.4 Å². The van der Waals surface area contributed by atoms with Crippen molar-refractivity contribution in [2.24, 2.45) is 21.7 Å². The lowest BCUT2D eigenvalue weighted by Gasteiger charge is -2.33. The molecule has 2 aliphatic rings. The Morgan fingerprint density at radius 3 is 2.29 bits per heavy atom. The molecule has 1 aromatic carbocycles. The van der Waals surface area contributed by atoms with Gasteiger partial charge in [0, 0.05) is 11.6 Å². The maximum atomic E-state index is 12.6. The number of benzene rings is 1. The van der Waals surface area contributed by atoms with E-state index in [1.807, 2.05) is 18.2 Å². The molecule has 24 heavy (non-hydrogen) atoms. The summed E-state index contributed by atoms with van der Waals surface area (Å²) in [6, 6.07) is 14.2. The highest BCUT2D eigenvalue weighted by atomic mass is 16.7. The van der Waals surface area contributed by atoms with Crippen molar-refractivity contribution in [2.45, 2.75) is 12.8 Å². The van der Waals surface area contributed by atoms with Crippen molar-refractivity contribution in [2.75, 3.05) is 0 Å². The Bertz CT molecular complexity index is 912. The van der Waals surface area contributed by atoms with Crippen LogP contribution in [0.4, 0.5) is 0 Å². The maximum Gasteiger partial charge on any atom is 0.353 e. The second kappa shape index (κ2) is 4.94. The van der Waals surface area contributed by atoms with Gasteiger partial charge in [-0.25, -0.2) is 4.79 Å². The van der Waals surface area contributed by atoms with E-state index in [1.165, 1.54) is 6.92 Å². The summed E-state index contributed by atoms with van der Waals surface area (Å²) in [5.74, 6) is -1.80. The third kappa shape index (κ3) is 1.47. The van der Waals surface area contributed by atoms with Crippen LogP contribution in [0.5, 0.6) is 0 Å². The average molecular weight is 317 g/mol. The fourth-order valence-corrected chi connectivity index (χ4v) is 3.63. The van der Waals surface area contributed by atoms with Crippen LogP contribution in [0.2, 0.25) is 0 Å². The first-order valence-corrected chi connectivity index (χ1v) is 7.05. The summed E-state index contributed by atoms with van der Waals surface area (Å²) in [6.45, 7) is 1.54. The van der Waals surface area contributed by atoms with Gasteiger partial charge in [0.25, 0.3) is 0 Å². The van der Waals surface area contributed by atoms with Crippen LogP contribution in [-0.2, 0) is 9.63 Å². The highest BCUT2D eigenvalue weighted by Gasteiger charge is 2.71. The van der Waals surface area contributed by atoms with E-state index in [9.17, 15) is 20.6 Å². The van der Waals surface area contributed by atoms with Gasteiger partial charge in [-0.05, 0) is 12.5 Å². The number of nitrogens with two attached hydrogens (primary N) is 1. The molecule has 7 heteroatoms. The summed E-state index contributed by atoms with van der Waals surface area (Å²) in [7, 11) is 0. The Morgan fingerprint density at radius 2 is 1.83 bits per heavy atom. The molecule has 1 aliphatic carbocycles. The SMILES string of the molecule is CC1=NOC(=O)[C@]12C(N)=C(C#N)C(C#N)(C#N)[C@H]2c1ccccc1. The summed E-state index contributed by atoms with van der Waals surface area (Å²) in [4.78, 5) is 17.4. The molecule has 0 bridgehead atoms. The monoisotopic (exact) mass is 317 g/mol. The molecule has 1 spiro atoms. The average Bonchev–Trinajstić information content (AvgIpc) is 3.03.